The van der Waals surface area contributed by atoms with Crippen molar-refractivity contribution in [2.24, 2.45) is 47.3 Å². The van der Waals surface area contributed by atoms with Crippen molar-refractivity contribution >= 4 is 0 Å². The Morgan fingerprint density at radius 1 is 0.500 bits per heavy atom. The van der Waals surface area contributed by atoms with Gasteiger partial charge in [0.1, 0.15) is 0 Å². The molecule has 206 valence electrons. The van der Waals surface area contributed by atoms with E-state index >= 15 is 0 Å². The summed E-state index contributed by atoms with van der Waals surface area (Å²) >= 11 is 0. The van der Waals surface area contributed by atoms with Gasteiger partial charge in [0.25, 0.3) is 0 Å². The van der Waals surface area contributed by atoms with Gasteiger partial charge in [0.2, 0.25) is 0 Å². The van der Waals surface area contributed by atoms with E-state index in [2.05, 4.69) is 38.2 Å². The van der Waals surface area contributed by atoms with Crippen LogP contribution in [0.2, 0.25) is 0 Å². The molecule has 0 aliphatic heterocycles. The lowest BCUT2D eigenvalue weighted by atomic mass is 9.68. The van der Waals surface area contributed by atoms with E-state index in [1.807, 2.05) is 0 Å². The monoisotopic (exact) mass is 494 g/mol. The molecule has 0 radical (unpaired) electrons. The van der Waals surface area contributed by atoms with Crippen molar-refractivity contribution in [3.8, 4) is 0 Å². The van der Waals surface area contributed by atoms with Crippen LogP contribution < -0.4 is 0 Å². The van der Waals surface area contributed by atoms with E-state index in [4.69, 9.17) is 0 Å². The van der Waals surface area contributed by atoms with Gasteiger partial charge in [-0.2, -0.15) is 0 Å². The number of hydrogen-bond donors (Lipinski definition) is 0. The maximum absolute atomic E-state index is 2.62. The van der Waals surface area contributed by atoms with E-state index in [0.29, 0.717) is 0 Å². The molecule has 0 heterocycles. The Hall–Kier alpha value is -0.520. The maximum Gasteiger partial charge on any atom is -0.00531 e. The summed E-state index contributed by atoms with van der Waals surface area (Å²) in [7, 11) is 0. The van der Waals surface area contributed by atoms with Crippen LogP contribution in [0.4, 0.5) is 0 Å². The van der Waals surface area contributed by atoms with Crippen molar-refractivity contribution in [1.29, 1.82) is 0 Å². The zero-order valence-electron chi connectivity index (χ0n) is 24.5. The Morgan fingerprint density at radius 3 is 1.61 bits per heavy atom. The second-order valence-electron chi connectivity index (χ2n) is 14.0. The molecule has 0 spiro atoms. The zero-order chi connectivity index (χ0) is 25.0. The van der Waals surface area contributed by atoms with E-state index in [-0.39, 0.29) is 0 Å². The number of rotatable bonds is 12. The van der Waals surface area contributed by atoms with Gasteiger partial charge in [-0.15, -0.1) is 0 Å². The van der Waals surface area contributed by atoms with Crippen LogP contribution in [-0.4, -0.2) is 0 Å². The highest BCUT2D eigenvalue weighted by atomic mass is 14.4. The van der Waals surface area contributed by atoms with Gasteiger partial charge in [-0.05, 0) is 118 Å². The molecule has 0 amide bonds. The molecule has 0 saturated heterocycles. The molecule has 3 fully saturated rings. The molecule has 0 N–H and O–H groups in total. The fourth-order valence-corrected chi connectivity index (χ4v) is 8.69. The number of unbranched alkanes of at least 4 members (excludes halogenated alkanes) is 2. The van der Waals surface area contributed by atoms with E-state index in [0.717, 1.165) is 47.3 Å². The molecular weight excluding hydrogens is 432 g/mol. The lowest BCUT2D eigenvalue weighted by Crippen LogP contribution is -2.26. The lowest BCUT2D eigenvalue weighted by molar-refractivity contribution is 0.136. The van der Waals surface area contributed by atoms with Crippen LogP contribution in [0.3, 0.4) is 0 Å². The second-order valence-corrected chi connectivity index (χ2v) is 14.0. The summed E-state index contributed by atoms with van der Waals surface area (Å²) in [6.07, 6.45) is 43.2. The summed E-state index contributed by atoms with van der Waals surface area (Å²) in [6, 6.07) is 0. The first-order chi connectivity index (χ1) is 17.7. The second kappa shape index (κ2) is 15.8. The third kappa shape index (κ3) is 9.34. The molecule has 36 heavy (non-hydrogen) atoms. The maximum atomic E-state index is 2.62. The Bertz CT molecular complexity index is 618. The van der Waals surface area contributed by atoms with E-state index in [1.54, 1.807) is 64.2 Å². The molecule has 0 heteroatoms. The van der Waals surface area contributed by atoms with Crippen LogP contribution in [-0.2, 0) is 0 Å². The molecule has 3 saturated carbocycles. The molecule has 4 rings (SSSR count). The number of hydrogen-bond acceptors (Lipinski definition) is 0. The first-order valence-corrected chi connectivity index (χ1v) is 17.1. The average Bonchev–Trinajstić information content (AvgIpc) is 2.93. The van der Waals surface area contributed by atoms with Gasteiger partial charge in [-0.25, -0.2) is 0 Å². The van der Waals surface area contributed by atoms with Crippen LogP contribution >= 0.6 is 0 Å². The first kappa shape index (κ1) is 28.5. The SMILES string of the molecule is CCCCCC1CCC(C2CCC(CCC3CCC(/C=C/C4C=CC(CCC)CC4)CC3)CC2)CC1. The Labute approximate surface area is 226 Å². The Morgan fingerprint density at radius 2 is 1.08 bits per heavy atom. The minimum Gasteiger partial charge on any atom is -0.0848 e. The topological polar surface area (TPSA) is 0 Å². The molecule has 0 aromatic carbocycles. The van der Waals surface area contributed by atoms with Crippen molar-refractivity contribution < 1.29 is 0 Å². The summed E-state index contributed by atoms with van der Waals surface area (Å²) in [5, 5.41) is 0. The van der Waals surface area contributed by atoms with E-state index < -0.39 is 0 Å². The quantitative estimate of drug-likeness (QED) is 0.187. The largest absolute Gasteiger partial charge is 0.0848 e. The lowest BCUT2D eigenvalue weighted by Gasteiger charge is -2.38. The van der Waals surface area contributed by atoms with E-state index in [9.17, 15) is 0 Å². The number of allylic oxidation sites excluding steroid dienone is 4. The predicted octanol–water partition coefficient (Wildman–Crippen LogP) is 11.7. The van der Waals surface area contributed by atoms with Crippen molar-refractivity contribution in [2.75, 3.05) is 0 Å². The fourth-order valence-electron chi connectivity index (χ4n) is 8.69. The van der Waals surface area contributed by atoms with Gasteiger partial charge in [0.05, 0.1) is 0 Å². The standard InChI is InChI=1S/C36H62/c1-3-5-6-8-30-21-25-35(26-22-30)36-27-23-34(24-28-36)20-19-33-17-15-32(16-18-33)14-13-31-11-9-29(7-4-2)10-12-31/h9,11,13-14,29-36H,3-8,10,12,15-28H2,1-2H3/b14-13+. The van der Waals surface area contributed by atoms with Crippen LogP contribution in [0.5, 0.6) is 0 Å². The highest BCUT2D eigenvalue weighted by Gasteiger charge is 2.31. The Kier molecular flexibility index (Phi) is 12.5. The van der Waals surface area contributed by atoms with Crippen molar-refractivity contribution in [3.63, 3.8) is 0 Å². The third-order valence-corrected chi connectivity index (χ3v) is 11.3. The highest BCUT2D eigenvalue weighted by molar-refractivity contribution is 5.07. The fraction of sp³-hybridized carbons (Fsp3) is 0.889. The van der Waals surface area contributed by atoms with Crippen LogP contribution in [0, 0.1) is 47.3 Å². The minimum absolute atomic E-state index is 0.729. The van der Waals surface area contributed by atoms with Crippen molar-refractivity contribution in [2.45, 2.75) is 155 Å². The molecule has 2 unspecified atom stereocenters. The zero-order valence-corrected chi connectivity index (χ0v) is 24.5. The molecule has 4 aliphatic carbocycles. The molecular formula is C36H62. The van der Waals surface area contributed by atoms with Crippen molar-refractivity contribution in [3.05, 3.63) is 24.3 Å². The highest BCUT2D eigenvalue weighted by Crippen LogP contribution is 2.44. The van der Waals surface area contributed by atoms with Crippen LogP contribution in [0.25, 0.3) is 0 Å². The summed E-state index contributed by atoms with van der Waals surface area (Å²) in [6.45, 7) is 4.66. The van der Waals surface area contributed by atoms with Crippen LogP contribution in [0.15, 0.2) is 24.3 Å². The molecule has 0 nitrogen and oxygen atoms in total. The molecule has 4 aliphatic rings. The van der Waals surface area contributed by atoms with Gasteiger partial charge in [0.15, 0.2) is 0 Å². The normalized spacial score (nSPS) is 37.9. The first-order valence-electron chi connectivity index (χ1n) is 17.1. The van der Waals surface area contributed by atoms with Gasteiger partial charge >= 0.3 is 0 Å². The predicted molar refractivity (Wildman–Crippen MR) is 159 cm³/mol. The van der Waals surface area contributed by atoms with Gasteiger partial charge < -0.3 is 0 Å². The summed E-state index contributed by atoms with van der Waals surface area (Å²) in [5.74, 6) is 7.85. The van der Waals surface area contributed by atoms with Crippen LogP contribution in [0.1, 0.15) is 155 Å². The smallest absolute Gasteiger partial charge is 0.00531 e. The summed E-state index contributed by atoms with van der Waals surface area (Å²) in [4.78, 5) is 0. The minimum atomic E-state index is 0.729. The molecule has 0 bridgehead atoms. The molecule has 0 aromatic rings. The average molecular weight is 495 g/mol. The van der Waals surface area contributed by atoms with Gasteiger partial charge in [-0.3, -0.25) is 0 Å². The Balaban J connectivity index is 1.05. The summed E-state index contributed by atoms with van der Waals surface area (Å²) in [5.41, 5.74) is 0. The van der Waals surface area contributed by atoms with Gasteiger partial charge in [0, 0.05) is 0 Å². The summed E-state index contributed by atoms with van der Waals surface area (Å²) < 4.78 is 0. The van der Waals surface area contributed by atoms with Gasteiger partial charge in [-0.1, -0.05) is 109 Å². The molecule has 0 aromatic heterocycles. The molecule has 2 atom stereocenters. The van der Waals surface area contributed by atoms with Crippen molar-refractivity contribution in [1.82, 2.24) is 0 Å². The van der Waals surface area contributed by atoms with E-state index in [1.165, 1.54) is 77.0 Å². The third-order valence-electron chi connectivity index (χ3n) is 11.3.